The Morgan fingerprint density at radius 2 is 2.03 bits per heavy atom. The van der Waals surface area contributed by atoms with Crippen molar-refractivity contribution in [2.24, 2.45) is 4.99 Å². The quantitative estimate of drug-likeness (QED) is 0.484. The van der Waals surface area contributed by atoms with E-state index in [0.29, 0.717) is 66.2 Å². The number of ether oxygens (including phenoxy) is 1. The number of guanidine groups is 1. The summed E-state index contributed by atoms with van der Waals surface area (Å²) in [4.78, 5) is 26.7. The number of imidazole rings is 1. The van der Waals surface area contributed by atoms with Gasteiger partial charge in [0.15, 0.2) is 11.5 Å². The minimum atomic E-state index is -0.260. The number of aromatic hydroxyl groups is 1. The molecular weight excluding hydrogens is 517 g/mol. The number of carbonyl (C=O) groups excluding carboxylic acids is 1. The first-order chi connectivity index (χ1) is 16.9. The number of anilines is 1. The number of aromatic nitrogens is 2. The number of aliphatic imine (C=N–C) groups is 1. The molecule has 3 aromatic rings. The first-order valence-electron chi connectivity index (χ1n) is 11.5. The Bertz CT molecular complexity index is 1320. The summed E-state index contributed by atoms with van der Waals surface area (Å²) in [6.45, 7) is 5.39. The van der Waals surface area contributed by atoms with E-state index in [4.69, 9.17) is 14.7 Å². The third kappa shape index (κ3) is 4.16. The van der Waals surface area contributed by atoms with Gasteiger partial charge in [0.2, 0.25) is 5.96 Å². The smallest absolute Gasteiger partial charge is 0.299 e. The molecule has 0 spiro atoms. The van der Waals surface area contributed by atoms with Gasteiger partial charge in [0.25, 0.3) is 11.9 Å². The van der Waals surface area contributed by atoms with Crippen molar-refractivity contribution in [2.45, 2.75) is 32.9 Å². The molecule has 2 aliphatic heterocycles. The molecule has 35 heavy (non-hydrogen) atoms. The van der Waals surface area contributed by atoms with Gasteiger partial charge in [-0.3, -0.25) is 19.2 Å². The van der Waals surface area contributed by atoms with Crippen molar-refractivity contribution in [1.29, 1.82) is 0 Å². The highest BCUT2D eigenvalue weighted by Gasteiger charge is 2.44. The first kappa shape index (κ1) is 23.3. The lowest BCUT2D eigenvalue weighted by Gasteiger charge is -2.32. The summed E-state index contributed by atoms with van der Waals surface area (Å²) < 4.78 is 22.4. The molecule has 1 unspecified atom stereocenters. The lowest BCUT2D eigenvalue weighted by Crippen LogP contribution is -2.50. The predicted octanol–water partition coefficient (Wildman–Crippen LogP) is 4.20. The van der Waals surface area contributed by atoms with E-state index in [9.17, 15) is 14.3 Å². The van der Waals surface area contributed by atoms with Crippen LogP contribution in [-0.4, -0.2) is 57.2 Å². The van der Waals surface area contributed by atoms with Crippen LogP contribution in [0.1, 0.15) is 35.5 Å². The van der Waals surface area contributed by atoms with Crippen molar-refractivity contribution in [2.75, 3.05) is 24.6 Å². The van der Waals surface area contributed by atoms with Crippen LogP contribution in [0, 0.1) is 5.82 Å². The maximum Gasteiger partial charge on any atom is 0.299 e. The van der Waals surface area contributed by atoms with Gasteiger partial charge in [0.05, 0.1) is 30.2 Å². The zero-order valence-electron chi connectivity index (χ0n) is 19.4. The van der Waals surface area contributed by atoms with E-state index >= 15 is 0 Å². The van der Waals surface area contributed by atoms with Gasteiger partial charge in [-0.2, -0.15) is 4.98 Å². The highest BCUT2D eigenvalue weighted by Crippen LogP contribution is 2.36. The maximum absolute atomic E-state index is 14.3. The molecule has 0 aliphatic carbocycles. The summed E-state index contributed by atoms with van der Waals surface area (Å²) in [5, 5.41) is 9.86. The minimum absolute atomic E-state index is 0.137. The van der Waals surface area contributed by atoms with Crippen LogP contribution in [0.5, 0.6) is 11.8 Å². The predicted molar refractivity (Wildman–Crippen MR) is 134 cm³/mol. The van der Waals surface area contributed by atoms with Crippen molar-refractivity contribution < 1.29 is 19.0 Å². The highest BCUT2D eigenvalue weighted by molar-refractivity contribution is 9.10. The van der Waals surface area contributed by atoms with Crippen molar-refractivity contribution in [3.63, 3.8) is 0 Å². The summed E-state index contributed by atoms with van der Waals surface area (Å²) in [6, 6.07) is 12.0. The molecule has 0 radical (unpaired) electrons. The molecule has 5 rings (SSSR count). The second kappa shape index (κ2) is 9.33. The molecule has 1 aromatic heterocycles. The van der Waals surface area contributed by atoms with E-state index in [2.05, 4.69) is 15.9 Å². The standard InChI is InChI=1S/C25H25BrFN5O3/c1-3-30-23(34)21-22(32-14-17(28-24(30)32)12-16-7-5-6-8-19(16)27)29-25(35-4-2)31(21)13-15-9-10-20(33)18(26)11-15/h5-11,17,33H,3-4,12-14H2,1-2H3. The summed E-state index contributed by atoms with van der Waals surface area (Å²) in [7, 11) is 0. The Morgan fingerprint density at radius 1 is 1.23 bits per heavy atom. The van der Waals surface area contributed by atoms with Crippen LogP contribution >= 0.6 is 15.9 Å². The van der Waals surface area contributed by atoms with Gasteiger partial charge < -0.3 is 9.84 Å². The molecule has 1 atom stereocenters. The molecule has 1 amide bonds. The number of rotatable bonds is 7. The number of hydrogen-bond donors (Lipinski definition) is 1. The topological polar surface area (TPSA) is 83.2 Å². The third-order valence-corrected chi connectivity index (χ3v) is 6.78. The molecular formula is C25H25BrFN5O3. The van der Waals surface area contributed by atoms with Crippen LogP contribution in [-0.2, 0) is 13.0 Å². The Labute approximate surface area is 210 Å². The molecule has 10 heteroatoms. The Kier molecular flexibility index (Phi) is 6.22. The second-order valence-corrected chi connectivity index (χ2v) is 9.26. The second-order valence-electron chi connectivity index (χ2n) is 8.41. The van der Waals surface area contributed by atoms with Gasteiger partial charge in [-0.05, 0) is 65.5 Å². The Morgan fingerprint density at radius 3 is 2.74 bits per heavy atom. The van der Waals surface area contributed by atoms with Crippen molar-refractivity contribution >= 4 is 33.6 Å². The van der Waals surface area contributed by atoms with Gasteiger partial charge in [-0.15, -0.1) is 0 Å². The number of phenols is 1. The van der Waals surface area contributed by atoms with Crippen LogP contribution in [0.2, 0.25) is 0 Å². The number of benzene rings is 2. The average molecular weight is 542 g/mol. The van der Waals surface area contributed by atoms with Crippen molar-refractivity contribution in [1.82, 2.24) is 14.5 Å². The first-order valence-corrected chi connectivity index (χ1v) is 12.3. The number of nitrogens with zero attached hydrogens (tertiary/aromatic N) is 5. The molecule has 0 bridgehead atoms. The van der Waals surface area contributed by atoms with E-state index in [0.717, 1.165) is 5.56 Å². The lowest BCUT2D eigenvalue weighted by molar-refractivity contribution is 0.0835. The average Bonchev–Trinajstić information content (AvgIpc) is 3.40. The normalized spacial score (nSPS) is 16.9. The highest BCUT2D eigenvalue weighted by atomic mass is 79.9. The van der Waals surface area contributed by atoms with Crippen LogP contribution < -0.4 is 9.64 Å². The number of carbonyl (C=O) groups is 1. The zero-order chi connectivity index (χ0) is 24.7. The molecule has 2 aromatic carbocycles. The van der Waals surface area contributed by atoms with Crippen molar-refractivity contribution in [3.8, 4) is 11.8 Å². The SMILES string of the molecule is CCOc1nc2c(n1Cc1ccc(O)c(Br)c1)C(=O)N(CC)C1=NC(Cc3ccccc3F)CN12. The molecule has 0 saturated heterocycles. The van der Waals surface area contributed by atoms with Gasteiger partial charge in [0, 0.05) is 6.54 Å². The molecule has 8 nitrogen and oxygen atoms in total. The Balaban J connectivity index is 1.54. The molecule has 0 saturated carbocycles. The number of halogens is 2. The minimum Gasteiger partial charge on any atom is -0.507 e. The zero-order valence-corrected chi connectivity index (χ0v) is 21.0. The van der Waals surface area contributed by atoms with Crippen LogP contribution in [0.15, 0.2) is 51.9 Å². The molecule has 3 heterocycles. The largest absolute Gasteiger partial charge is 0.507 e. The number of amides is 1. The third-order valence-electron chi connectivity index (χ3n) is 6.15. The van der Waals surface area contributed by atoms with E-state index in [-0.39, 0.29) is 23.5 Å². The van der Waals surface area contributed by atoms with Gasteiger partial charge in [-0.25, -0.2) is 9.38 Å². The van der Waals surface area contributed by atoms with Crippen LogP contribution in [0.25, 0.3) is 0 Å². The van der Waals surface area contributed by atoms with Crippen molar-refractivity contribution in [3.05, 3.63) is 69.6 Å². The number of phenolic OH excluding ortho intramolecular Hbond substituents is 1. The van der Waals surface area contributed by atoms with E-state index in [1.165, 1.54) is 6.07 Å². The monoisotopic (exact) mass is 541 g/mol. The van der Waals surface area contributed by atoms with Gasteiger partial charge in [0.1, 0.15) is 11.6 Å². The maximum atomic E-state index is 14.3. The van der Waals surface area contributed by atoms with E-state index in [1.807, 2.05) is 24.8 Å². The van der Waals surface area contributed by atoms with Gasteiger partial charge in [-0.1, -0.05) is 24.3 Å². The fourth-order valence-corrected chi connectivity index (χ4v) is 4.96. The van der Waals surface area contributed by atoms with E-state index in [1.54, 1.807) is 39.8 Å². The fourth-order valence-electron chi connectivity index (χ4n) is 4.53. The van der Waals surface area contributed by atoms with Crippen LogP contribution in [0.3, 0.4) is 0 Å². The van der Waals surface area contributed by atoms with E-state index < -0.39 is 0 Å². The molecule has 0 fully saturated rings. The summed E-state index contributed by atoms with van der Waals surface area (Å²) in [5.41, 5.74) is 1.88. The Hall–Kier alpha value is -3.40. The molecule has 1 N–H and O–H groups in total. The molecule has 182 valence electrons. The summed E-state index contributed by atoms with van der Waals surface area (Å²) >= 11 is 3.35. The number of hydrogen-bond acceptors (Lipinski definition) is 6. The lowest BCUT2D eigenvalue weighted by atomic mass is 10.1. The number of fused-ring (bicyclic) bond motifs is 3. The molecule has 2 aliphatic rings. The van der Waals surface area contributed by atoms with Gasteiger partial charge >= 0.3 is 0 Å². The summed E-state index contributed by atoms with van der Waals surface area (Å²) in [5.74, 6) is 0.700. The van der Waals surface area contributed by atoms with Crippen LogP contribution in [0.4, 0.5) is 10.2 Å². The summed E-state index contributed by atoms with van der Waals surface area (Å²) in [6.07, 6.45) is 0.425. The fraction of sp³-hybridized carbons (Fsp3) is 0.320.